The largest absolute Gasteiger partial charge is 0.236 e. The van der Waals surface area contributed by atoms with Gasteiger partial charge in [0.25, 0.3) is 0 Å². The van der Waals surface area contributed by atoms with Crippen LogP contribution >= 0.6 is 22.7 Å². The molecule has 0 fully saturated rings. The van der Waals surface area contributed by atoms with Crippen LogP contribution in [-0.4, -0.2) is 9.97 Å². The fourth-order valence-corrected chi connectivity index (χ4v) is 5.68. The molecule has 2 heterocycles. The molecule has 0 saturated carbocycles. The average molecular weight is 395 g/mol. The molecule has 0 aliphatic rings. The summed E-state index contributed by atoms with van der Waals surface area (Å²) in [7, 11) is 0. The normalized spacial score (nSPS) is 11.6. The van der Waals surface area contributed by atoms with Crippen molar-refractivity contribution in [1.29, 1.82) is 0 Å². The second-order valence-corrected chi connectivity index (χ2v) is 8.74. The third-order valence-corrected chi connectivity index (χ3v) is 7.08. The zero-order chi connectivity index (χ0) is 18.5. The summed E-state index contributed by atoms with van der Waals surface area (Å²) >= 11 is 3.49. The first kappa shape index (κ1) is 15.9. The van der Waals surface area contributed by atoms with Gasteiger partial charge in [-0.1, -0.05) is 60.7 Å². The first-order valence-corrected chi connectivity index (χ1v) is 10.7. The lowest BCUT2D eigenvalue weighted by Crippen LogP contribution is -1.87. The molecule has 0 amide bonds. The molecule has 2 nitrogen and oxygen atoms in total. The lowest BCUT2D eigenvalue weighted by molar-refractivity contribution is 1.46. The summed E-state index contributed by atoms with van der Waals surface area (Å²) < 4.78 is 2.42. The van der Waals surface area contributed by atoms with E-state index in [0.717, 1.165) is 26.6 Å². The molecule has 0 bridgehead atoms. The van der Waals surface area contributed by atoms with Gasteiger partial charge in [0.15, 0.2) is 0 Å². The van der Waals surface area contributed by atoms with Gasteiger partial charge in [-0.15, -0.1) is 22.7 Å². The molecule has 4 aromatic carbocycles. The third-order valence-electron chi connectivity index (χ3n) is 4.96. The minimum absolute atomic E-state index is 1.04. The van der Waals surface area contributed by atoms with Crippen LogP contribution in [0, 0.1) is 0 Å². The Balaban J connectivity index is 1.70. The van der Waals surface area contributed by atoms with Gasteiger partial charge in [0, 0.05) is 11.1 Å². The van der Waals surface area contributed by atoms with E-state index >= 15 is 0 Å². The van der Waals surface area contributed by atoms with Gasteiger partial charge in [0.1, 0.15) is 10.0 Å². The lowest BCUT2D eigenvalue weighted by atomic mass is 9.99. The van der Waals surface area contributed by atoms with Gasteiger partial charge in [0.05, 0.1) is 20.4 Å². The van der Waals surface area contributed by atoms with Crippen molar-refractivity contribution in [3.63, 3.8) is 0 Å². The summed E-state index contributed by atoms with van der Waals surface area (Å²) in [6, 6.07) is 29.6. The van der Waals surface area contributed by atoms with Gasteiger partial charge in [-0.3, -0.25) is 0 Å². The Bertz CT molecular complexity index is 1410. The van der Waals surface area contributed by atoms with E-state index in [4.69, 9.17) is 9.97 Å². The van der Waals surface area contributed by atoms with Crippen molar-refractivity contribution in [1.82, 2.24) is 9.97 Å². The minimum Gasteiger partial charge on any atom is -0.236 e. The molecule has 28 heavy (non-hydrogen) atoms. The number of fused-ring (bicyclic) bond motifs is 3. The summed E-state index contributed by atoms with van der Waals surface area (Å²) in [5.41, 5.74) is 4.42. The molecule has 0 spiro atoms. The topological polar surface area (TPSA) is 25.8 Å². The zero-order valence-electron chi connectivity index (χ0n) is 14.8. The number of nitrogens with zero attached hydrogens (tertiary/aromatic N) is 2. The van der Waals surface area contributed by atoms with Crippen LogP contribution < -0.4 is 0 Å². The van der Waals surface area contributed by atoms with Crippen molar-refractivity contribution in [3.8, 4) is 21.1 Å². The lowest BCUT2D eigenvalue weighted by Gasteiger charge is -2.09. The van der Waals surface area contributed by atoms with Gasteiger partial charge in [-0.05, 0) is 35.0 Å². The summed E-state index contributed by atoms with van der Waals surface area (Å²) in [6.07, 6.45) is 0. The van der Waals surface area contributed by atoms with Crippen molar-refractivity contribution in [2.75, 3.05) is 0 Å². The molecule has 0 radical (unpaired) electrons. The highest BCUT2D eigenvalue weighted by Crippen LogP contribution is 2.43. The van der Waals surface area contributed by atoms with Crippen LogP contribution in [0.4, 0.5) is 0 Å². The summed E-state index contributed by atoms with van der Waals surface area (Å²) in [5, 5.41) is 4.54. The standard InChI is InChI=1S/C24H14N2S2/c1-2-8-16-15(7-1)13-14-17(23-25-18-9-3-5-11-20(18)27-23)22(16)24-26-19-10-4-6-12-21(19)28-24/h1-14H. The third kappa shape index (κ3) is 2.46. The number of benzene rings is 4. The molecule has 0 aliphatic heterocycles. The number of aromatic nitrogens is 2. The molecule has 6 rings (SSSR count). The predicted molar refractivity (Wildman–Crippen MR) is 121 cm³/mol. The molecule has 6 aromatic rings. The molecule has 0 unspecified atom stereocenters. The number of thiazole rings is 2. The van der Waals surface area contributed by atoms with E-state index in [0.29, 0.717) is 0 Å². The van der Waals surface area contributed by atoms with Crippen molar-refractivity contribution in [3.05, 3.63) is 84.9 Å². The minimum atomic E-state index is 1.04. The molecular weight excluding hydrogens is 380 g/mol. The van der Waals surface area contributed by atoms with Gasteiger partial charge in [-0.25, -0.2) is 9.97 Å². The molecule has 0 aliphatic carbocycles. The highest BCUT2D eigenvalue weighted by atomic mass is 32.1. The fraction of sp³-hybridized carbons (Fsp3) is 0. The van der Waals surface area contributed by atoms with E-state index in [2.05, 4.69) is 72.8 Å². The number of hydrogen-bond donors (Lipinski definition) is 0. The molecular formula is C24H14N2S2. The average Bonchev–Trinajstić information content (AvgIpc) is 3.36. The Labute approximate surface area is 169 Å². The van der Waals surface area contributed by atoms with Crippen LogP contribution in [0.1, 0.15) is 0 Å². The van der Waals surface area contributed by atoms with Gasteiger partial charge >= 0.3 is 0 Å². The zero-order valence-corrected chi connectivity index (χ0v) is 16.4. The Morgan fingerprint density at radius 3 is 1.89 bits per heavy atom. The van der Waals surface area contributed by atoms with E-state index in [-0.39, 0.29) is 0 Å². The highest BCUT2D eigenvalue weighted by Gasteiger charge is 2.18. The Morgan fingerprint density at radius 2 is 1.14 bits per heavy atom. The predicted octanol–water partition coefficient (Wildman–Crippen LogP) is 7.39. The number of rotatable bonds is 2. The first-order valence-electron chi connectivity index (χ1n) is 9.10. The van der Waals surface area contributed by atoms with Gasteiger partial charge in [-0.2, -0.15) is 0 Å². The van der Waals surface area contributed by atoms with Crippen LogP contribution in [0.2, 0.25) is 0 Å². The van der Waals surface area contributed by atoms with Crippen molar-refractivity contribution in [2.45, 2.75) is 0 Å². The fourth-order valence-electron chi connectivity index (χ4n) is 3.65. The van der Waals surface area contributed by atoms with Gasteiger partial charge in [0.2, 0.25) is 0 Å². The molecule has 0 saturated heterocycles. The molecule has 2 aromatic heterocycles. The highest BCUT2D eigenvalue weighted by molar-refractivity contribution is 7.22. The Kier molecular flexibility index (Phi) is 3.54. The van der Waals surface area contributed by atoms with Crippen LogP contribution in [0.5, 0.6) is 0 Å². The second-order valence-electron chi connectivity index (χ2n) is 6.68. The molecule has 0 atom stereocenters. The molecule has 132 valence electrons. The SMILES string of the molecule is c1ccc2c(-c3nc4ccccc4s3)c(-c3nc4ccccc4s3)ccc2c1. The molecule has 4 heteroatoms. The summed E-state index contributed by atoms with van der Waals surface area (Å²) in [6.45, 7) is 0. The smallest absolute Gasteiger partial charge is 0.125 e. The van der Waals surface area contributed by atoms with Crippen LogP contribution in [0.25, 0.3) is 52.3 Å². The maximum Gasteiger partial charge on any atom is 0.125 e. The maximum absolute atomic E-state index is 4.97. The Morgan fingerprint density at radius 1 is 0.536 bits per heavy atom. The number of para-hydroxylation sites is 2. The van der Waals surface area contributed by atoms with E-state index in [1.165, 1.54) is 25.7 Å². The van der Waals surface area contributed by atoms with E-state index in [9.17, 15) is 0 Å². The second kappa shape index (κ2) is 6.23. The van der Waals surface area contributed by atoms with Gasteiger partial charge < -0.3 is 0 Å². The van der Waals surface area contributed by atoms with E-state index in [1.54, 1.807) is 22.7 Å². The van der Waals surface area contributed by atoms with E-state index in [1.807, 2.05) is 12.1 Å². The quantitative estimate of drug-likeness (QED) is 0.306. The summed E-state index contributed by atoms with van der Waals surface area (Å²) in [4.78, 5) is 9.89. The van der Waals surface area contributed by atoms with Crippen LogP contribution in [0.15, 0.2) is 84.9 Å². The van der Waals surface area contributed by atoms with Crippen LogP contribution in [0.3, 0.4) is 0 Å². The van der Waals surface area contributed by atoms with Crippen molar-refractivity contribution >= 4 is 53.9 Å². The molecule has 0 N–H and O–H groups in total. The first-order chi connectivity index (χ1) is 13.9. The number of hydrogen-bond acceptors (Lipinski definition) is 4. The van der Waals surface area contributed by atoms with Crippen LogP contribution in [-0.2, 0) is 0 Å². The monoisotopic (exact) mass is 394 g/mol. The van der Waals surface area contributed by atoms with Crippen molar-refractivity contribution in [2.24, 2.45) is 0 Å². The Hall–Kier alpha value is -3.08. The maximum atomic E-state index is 4.97. The van der Waals surface area contributed by atoms with Crippen molar-refractivity contribution < 1.29 is 0 Å². The van der Waals surface area contributed by atoms with E-state index < -0.39 is 0 Å². The summed E-state index contributed by atoms with van der Waals surface area (Å²) in [5.74, 6) is 0.